The first-order valence-corrected chi connectivity index (χ1v) is 8.81. The van der Waals surface area contributed by atoms with Crippen molar-refractivity contribution < 1.29 is 12.8 Å². The maximum absolute atomic E-state index is 13.3. The molecule has 2 rings (SSSR count). The van der Waals surface area contributed by atoms with Gasteiger partial charge in [-0.1, -0.05) is 13.3 Å². The molecule has 0 bridgehead atoms. The first-order valence-electron chi connectivity index (χ1n) is 6.54. The molecule has 0 aromatic heterocycles. The lowest BCUT2D eigenvalue weighted by Crippen LogP contribution is -2.30. The van der Waals surface area contributed by atoms with Crippen molar-refractivity contribution >= 4 is 31.6 Å². The van der Waals surface area contributed by atoms with Crippen LogP contribution in [0.2, 0.25) is 0 Å². The van der Waals surface area contributed by atoms with Crippen LogP contribution in [0.5, 0.6) is 0 Å². The third kappa shape index (κ3) is 3.32. The molecule has 0 heterocycles. The average molecular weight is 365 g/mol. The highest BCUT2D eigenvalue weighted by Gasteiger charge is 2.42. The highest BCUT2D eigenvalue weighted by Crippen LogP contribution is 2.49. The van der Waals surface area contributed by atoms with Gasteiger partial charge in [-0.15, -0.1) is 0 Å². The topological polar surface area (TPSA) is 72.2 Å². The van der Waals surface area contributed by atoms with Crippen LogP contribution in [0.4, 0.5) is 10.1 Å². The van der Waals surface area contributed by atoms with Crippen molar-refractivity contribution in [3.8, 4) is 0 Å². The number of benzene rings is 1. The van der Waals surface area contributed by atoms with E-state index in [2.05, 4.69) is 27.6 Å². The molecule has 1 saturated carbocycles. The van der Waals surface area contributed by atoms with Gasteiger partial charge in [-0.25, -0.2) is 17.5 Å². The van der Waals surface area contributed by atoms with Crippen molar-refractivity contribution in [2.75, 3.05) is 12.3 Å². The molecule has 112 valence electrons. The van der Waals surface area contributed by atoms with Crippen LogP contribution in [0.15, 0.2) is 21.5 Å². The number of hydrogen-bond acceptors (Lipinski definition) is 3. The Morgan fingerprint density at radius 1 is 1.45 bits per heavy atom. The van der Waals surface area contributed by atoms with Gasteiger partial charge in [0.1, 0.15) is 5.82 Å². The number of rotatable bonds is 6. The lowest BCUT2D eigenvalue weighted by atomic mass is 10.0. The summed E-state index contributed by atoms with van der Waals surface area (Å²) in [5.41, 5.74) is 5.37. The van der Waals surface area contributed by atoms with Crippen molar-refractivity contribution in [3.63, 3.8) is 0 Å². The summed E-state index contributed by atoms with van der Waals surface area (Å²) < 4.78 is 40.6. The molecule has 1 aromatic carbocycles. The molecule has 1 aliphatic rings. The Balaban J connectivity index is 2.17. The van der Waals surface area contributed by atoms with Crippen LogP contribution in [0.3, 0.4) is 0 Å². The molecule has 4 nitrogen and oxygen atoms in total. The molecule has 0 saturated heterocycles. The highest BCUT2D eigenvalue weighted by molar-refractivity contribution is 9.10. The van der Waals surface area contributed by atoms with Gasteiger partial charge in [-0.2, -0.15) is 0 Å². The quantitative estimate of drug-likeness (QED) is 0.762. The summed E-state index contributed by atoms with van der Waals surface area (Å²) in [7, 11) is -3.69. The Hall–Kier alpha value is -0.660. The van der Waals surface area contributed by atoms with Gasteiger partial charge >= 0.3 is 0 Å². The molecule has 7 heteroatoms. The lowest BCUT2D eigenvalue weighted by Gasteiger charge is -2.16. The van der Waals surface area contributed by atoms with Crippen LogP contribution in [0.25, 0.3) is 0 Å². The van der Waals surface area contributed by atoms with E-state index >= 15 is 0 Å². The Morgan fingerprint density at radius 2 is 2.10 bits per heavy atom. The van der Waals surface area contributed by atoms with Gasteiger partial charge in [0, 0.05) is 11.0 Å². The number of sulfonamides is 1. The number of nitrogens with two attached hydrogens (primary N) is 1. The van der Waals surface area contributed by atoms with Crippen LogP contribution in [-0.4, -0.2) is 15.0 Å². The molecule has 1 fully saturated rings. The summed E-state index contributed by atoms with van der Waals surface area (Å²) in [6, 6.07) is 2.21. The summed E-state index contributed by atoms with van der Waals surface area (Å²) in [6.07, 6.45) is 4.16. The lowest BCUT2D eigenvalue weighted by molar-refractivity contribution is 0.449. The minimum Gasteiger partial charge on any atom is -0.396 e. The van der Waals surface area contributed by atoms with Gasteiger partial charge < -0.3 is 5.73 Å². The van der Waals surface area contributed by atoms with Gasteiger partial charge in [0.2, 0.25) is 10.0 Å². The monoisotopic (exact) mass is 364 g/mol. The third-order valence-electron chi connectivity index (χ3n) is 3.72. The fourth-order valence-corrected chi connectivity index (χ4v) is 4.50. The number of anilines is 1. The molecule has 0 atom stereocenters. The minimum atomic E-state index is -3.69. The van der Waals surface area contributed by atoms with E-state index in [4.69, 9.17) is 5.73 Å². The van der Waals surface area contributed by atoms with E-state index in [1.165, 1.54) is 0 Å². The van der Waals surface area contributed by atoms with Crippen molar-refractivity contribution in [1.29, 1.82) is 0 Å². The SMILES string of the molecule is CCCC1(CNS(=O)(=O)c2cc(N)c(F)cc2Br)CC1. The number of nitrogen functional groups attached to an aromatic ring is 1. The maximum Gasteiger partial charge on any atom is 0.241 e. The van der Waals surface area contributed by atoms with Crippen LogP contribution in [0.1, 0.15) is 32.6 Å². The molecule has 0 amide bonds. The number of hydrogen-bond donors (Lipinski definition) is 2. The molecule has 0 aliphatic heterocycles. The van der Waals surface area contributed by atoms with Gasteiger partial charge in [0.25, 0.3) is 0 Å². The van der Waals surface area contributed by atoms with E-state index in [-0.39, 0.29) is 20.5 Å². The Labute approximate surface area is 127 Å². The van der Waals surface area contributed by atoms with Crippen molar-refractivity contribution in [1.82, 2.24) is 4.72 Å². The van der Waals surface area contributed by atoms with Gasteiger partial charge in [-0.05, 0) is 52.7 Å². The van der Waals surface area contributed by atoms with Crippen molar-refractivity contribution in [2.24, 2.45) is 5.41 Å². The minimum absolute atomic E-state index is 0.0244. The third-order valence-corrected chi connectivity index (χ3v) is 6.08. The summed E-state index contributed by atoms with van der Waals surface area (Å²) in [6.45, 7) is 2.51. The predicted molar refractivity (Wildman–Crippen MR) is 80.3 cm³/mol. The van der Waals surface area contributed by atoms with Gasteiger partial charge in [0.15, 0.2) is 0 Å². The molecule has 3 N–H and O–H groups in total. The fraction of sp³-hybridized carbons (Fsp3) is 0.538. The molecule has 0 unspecified atom stereocenters. The number of halogens is 2. The van der Waals surface area contributed by atoms with E-state index in [1.807, 2.05) is 0 Å². The summed E-state index contributed by atoms with van der Waals surface area (Å²) in [5.74, 6) is -0.638. The highest BCUT2D eigenvalue weighted by atomic mass is 79.9. The molecular weight excluding hydrogens is 347 g/mol. The summed E-state index contributed by atoms with van der Waals surface area (Å²) in [5, 5.41) is 0. The Kier molecular flexibility index (Phi) is 4.41. The van der Waals surface area contributed by atoms with Crippen LogP contribution >= 0.6 is 15.9 Å². The maximum atomic E-state index is 13.3. The normalized spacial score (nSPS) is 17.1. The second kappa shape index (κ2) is 5.61. The van der Waals surface area contributed by atoms with E-state index in [1.54, 1.807) is 0 Å². The van der Waals surface area contributed by atoms with Crippen LogP contribution in [0, 0.1) is 11.2 Å². The zero-order chi connectivity index (χ0) is 15.0. The first-order chi connectivity index (χ1) is 9.30. The number of nitrogens with one attached hydrogen (secondary N) is 1. The molecule has 0 spiro atoms. The fourth-order valence-electron chi connectivity index (χ4n) is 2.30. The smallest absolute Gasteiger partial charge is 0.241 e. The van der Waals surface area contributed by atoms with E-state index in [9.17, 15) is 12.8 Å². The van der Waals surface area contributed by atoms with Crippen molar-refractivity contribution in [2.45, 2.75) is 37.5 Å². The summed E-state index contributed by atoms with van der Waals surface area (Å²) >= 11 is 3.07. The molecule has 20 heavy (non-hydrogen) atoms. The van der Waals surface area contributed by atoms with E-state index in [0.717, 1.165) is 37.8 Å². The largest absolute Gasteiger partial charge is 0.396 e. The Bertz CT molecular complexity index is 615. The second-order valence-electron chi connectivity index (χ2n) is 5.38. The Morgan fingerprint density at radius 3 is 2.65 bits per heavy atom. The van der Waals surface area contributed by atoms with Crippen LogP contribution < -0.4 is 10.5 Å². The second-order valence-corrected chi connectivity index (χ2v) is 7.97. The van der Waals surface area contributed by atoms with Gasteiger partial charge in [-0.3, -0.25) is 0 Å². The molecular formula is C13H18BrFN2O2S. The zero-order valence-electron chi connectivity index (χ0n) is 11.2. The average Bonchev–Trinajstić information content (AvgIpc) is 3.12. The first kappa shape index (κ1) is 15.7. The zero-order valence-corrected chi connectivity index (χ0v) is 13.7. The van der Waals surface area contributed by atoms with Gasteiger partial charge in [0.05, 0.1) is 10.6 Å². The standard InChI is InChI=1S/C13H18BrFN2O2S/c1-2-3-13(4-5-13)8-17-20(18,19)12-7-11(16)10(15)6-9(12)14/h6-7,17H,2-5,8,16H2,1H3. The molecule has 1 aliphatic carbocycles. The van der Waals surface area contributed by atoms with E-state index in [0.29, 0.717) is 6.54 Å². The van der Waals surface area contributed by atoms with Crippen LogP contribution in [-0.2, 0) is 10.0 Å². The summed E-state index contributed by atoms with van der Waals surface area (Å²) in [4.78, 5) is -0.0244. The van der Waals surface area contributed by atoms with Crippen molar-refractivity contribution in [3.05, 3.63) is 22.4 Å². The molecule has 1 aromatic rings. The predicted octanol–water partition coefficient (Wildman–Crippen LogP) is 3.03. The molecule has 0 radical (unpaired) electrons. The van der Waals surface area contributed by atoms with E-state index < -0.39 is 15.8 Å².